The van der Waals surface area contributed by atoms with Crippen molar-refractivity contribution in [2.45, 2.75) is 0 Å². The quantitative estimate of drug-likeness (QED) is 0.699. The second-order valence-corrected chi connectivity index (χ2v) is 4.13. The van der Waals surface area contributed by atoms with Gasteiger partial charge in [-0.3, -0.25) is 4.52 Å². The summed E-state index contributed by atoms with van der Waals surface area (Å²) in [5.74, 6) is -0.0439. The van der Waals surface area contributed by atoms with Crippen LogP contribution in [0.2, 0.25) is 5.02 Å². The average molecular weight is 233 g/mol. The highest BCUT2D eigenvalue weighted by atomic mass is 35.5. The van der Waals surface area contributed by atoms with E-state index in [1.165, 1.54) is 7.11 Å². The molecule has 0 aromatic heterocycles. The standard InChI is InChI=1S/C8H6ClO4P/c1-11-14-12-7-4-5(9)2-3-6(7)8(10)13-14/h2-4H,1H3. The number of fused-ring (bicyclic) bond motifs is 1. The van der Waals surface area contributed by atoms with Crippen LogP contribution in [0.1, 0.15) is 10.4 Å². The van der Waals surface area contributed by atoms with Crippen molar-refractivity contribution >= 4 is 26.2 Å². The first kappa shape index (κ1) is 9.71. The number of benzene rings is 1. The molecular weight excluding hydrogens is 227 g/mol. The van der Waals surface area contributed by atoms with Gasteiger partial charge in [0.1, 0.15) is 11.3 Å². The molecule has 6 heteroatoms. The zero-order valence-corrected chi connectivity index (χ0v) is 8.84. The molecule has 0 bridgehead atoms. The summed E-state index contributed by atoms with van der Waals surface area (Å²) in [7, 11) is -0.205. The van der Waals surface area contributed by atoms with Crippen molar-refractivity contribution in [1.29, 1.82) is 0 Å². The minimum atomic E-state index is -1.62. The van der Waals surface area contributed by atoms with E-state index < -0.39 is 14.6 Å². The lowest BCUT2D eigenvalue weighted by molar-refractivity contribution is 0.0683. The third-order valence-corrected chi connectivity index (χ3v) is 2.84. The van der Waals surface area contributed by atoms with Crippen LogP contribution in [0, 0.1) is 0 Å². The molecule has 1 aromatic rings. The Kier molecular flexibility index (Phi) is 2.59. The minimum Gasteiger partial charge on any atom is -0.417 e. The molecule has 0 radical (unpaired) electrons. The number of carbonyl (C=O) groups excluding carboxylic acids is 1. The molecule has 4 nitrogen and oxygen atoms in total. The van der Waals surface area contributed by atoms with Gasteiger partial charge in [-0.2, -0.15) is 0 Å². The van der Waals surface area contributed by atoms with Crippen molar-refractivity contribution in [3.8, 4) is 5.75 Å². The predicted molar refractivity (Wildman–Crippen MR) is 51.4 cm³/mol. The zero-order valence-electron chi connectivity index (χ0n) is 7.19. The van der Waals surface area contributed by atoms with Crippen molar-refractivity contribution in [2.75, 3.05) is 7.11 Å². The lowest BCUT2D eigenvalue weighted by Crippen LogP contribution is -2.12. The van der Waals surface area contributed by atoms with E-state index in [0.717, 1.165) is 0 Å². The van der Waals surface area contributed by atoms with E-state index in [2.05, 4.69) is 0 Å². The number of halogens is 1. The normalized spacial score (nSPS) is 19.6. The fraction of sp³-hybridized carbons (Fsp3) is 0.125. The van der Waals surface area contributed by atoms with Crippen LogP contribution in [0.15, 0.2) is 18.2 Å². The second-order valence-electron chi connectivity index (χ2n) is 2.52. The van der Waals surface area contributed by atoms with E-state index >= 15 is 0 Å². The Morgan fingerprint density at radius 3 is 2.93 bits per heavy atom. The summed E-state index contributed by atoms with van der Waals surface area (Å²) in [4.78, 5) is 11.4. The van der Waals surface area contributed by atoms with Gasteiger partial charge in [0, 0.05) is 18.2 Å². The van der Waals surface area contributed by atoms with Crippen molar-refractivity contribution in [3.05, 3.63) is 28.8 Å². The Hall–Kier alpha value is -0.830. The SMILES string of the molecule is COP1OC(=O)c2ccc(Cl)cc2O1. The number of rotatable bonds is 1. The minimum absolute atomic E-state index is 0.366. The molecule has 1 heterocycles. The summed E-state index contributed by atoms with van der Waals surface area (Å²) in [6.07, 6.45) is 0. The summed E-state index contributed by atoms with van der Waals surface area (Å²) in [6, 6.07) is 4.72. The number of hydrogen-bond acceptors (Lipinski definition) is 4. The largest absolute Gasteiger partial charge is 0.465 e. The van der Waals surface area contributed by atoms with Gasteiger partial charge < -0.3 is 9.05 Å². The molecule has 0 amide bonds. The van der Waals surface area contributed by atoms with Gasteiger partial charge in [-0.05, 0) is 12.1 Å². The van der Waals surface area contributed by atoms with E-state index in [-0.39, 0.29) is 0 Å². The molecule has 2 rings (SSSR count). The van der Waals surface area contributed by atoms with E-state index in [1.807, 2.05) is 0 Å². The molecule has 1 atom stereocenters. The third-order valence-electron chi connectivity index (χ3n) is 1.64. The Morgan fingerprint density at radius 2 is 2.21 bits per heavy atom. The second kappa shape index (κ2) is 3.73. The maximum atomic E-state index is 11.4. The van der Waals surface area contributed by atoms with Crippen molar-refractivity contribution in [1.82, 2.24) is 0 Å². The maximum Gasteiger partial charge on any atom is 0.465 e. The van der Waals surface area contributed by atoms with Crippen molar-refractivity contribution in [3.63, 3.8) is 0 Å². The Balaban J connectivity index is 2.40. The van der Waals surface area contributed by atoms with Gasteiger partial charge in [0.25, 0.3) is 0 Å². The fourth-order valence-electron chi connectivity index (χ4n) is 1.03. The number of carbonyl (C=O) groups is 1. The molecule has 1 unspecified atom stereocenters. The molecule has 0 spiro atoms. The molecule has 0 aliphatic carbocycles. The average Bonchev–Trinajstić information content (AvgIpc) is 2.16. The third kappa shape index (κ3) is 1.69. The van der Waals surface area contributed by atoms with Crippen LogP contribution in [-0.4, -0.2) is 13.1 Å². The highest BCUT2D eigenvalue weighted by molar-refractivity contribution is 7.43. The fourth-order valence-corrected chi connectivity index (χ4v) is 1.92. The highest BCUT2D eigenvalue weighted by Gasteiger charge is 2.29. The van der Waals surface area contributed by atoms with Gasteiger partial charge in [-0.15, -0.1) is 0 Å². The lowest BCUT2D eigenvalue weighted by atomic mass is 10.2. The van der Waals surface area contributed by atoms with Crippen LogP contribution in [0.5, 0.6) is 5.75 Å². The summed E-state index contributed by atoms with van der Waals surface area (Å²) >= 11 is 5.75. The van der Waals surface area contributed by atoms with Gasteiger partial charge in [0.15, 0.2) is 0 Å². The van der Waals surface area contributed by atoms with Crippen LogP contribution >= 0.6 is 20.2 Å². The molecule has 74 valence electrons. The molecule has 0 saturated carbocycles. The molecule has 1 aliphatic rings. The molecule has 1 aromatic carbocycles. The van der Waals surface area contributed by atoms with Gasteiger partial charge in [0.05, 0.1) is 0 Å². The van der Waals surface area contributed by atoms with Crippen molar-refractivity contribution < 1.29 is 18.4 Å². The summed E-state index contributed by atoms with van der Waals surface area (Å²) < 4.78 is 14.9. The van der Waals surface area contributed by atoms with Crippen LogP contribution in [0.3, 0.4) is 0 Å². The topological polar surface area (TPSA) is 44.8 Å². The van der Waals surface area contributed by atoms with Gasteiger partial charge >= 0.3 is 14.6 Å². The molecule has 0 N–H and O–H groups in total. The predicted octanol–water partition coefficient (Wildman–Crippen LogP) is 2.76. The lowest BCUT2D eigenvalue weighted by Gasteiger charge is -2.21. The van der Waals surface area contributed by atoms with E-state index in [1.54, 1.807) is 18.2 Å². The van der Waals surface area contributed by atoms with Crippen LogP contribution in [0.4, 0.5) is 0 Å². The number of hydrogen-bond donors (Lipinski definition) is 0. The Labute approximate surface area is 86.7 Å². The van der Waals surface area contributed by atoms with Crippen LogP contribution < -0.4 is 4.52 Å². The van der Waals surface area contributed by atoms with Gasteiger partial charge in [-0.1, -0.05) is 11.6 Å². The summed E-state index contributed by atoms with van der Waals surface area (Å²) in [5.41, 5.74) is 0.366. The molecular formula is C8H6ClO4P. The molecule has 0 saturated heterocycles. The molecule has 14 heavy (non-hydrogen) atoms. The highest BCUT2D eigenvalue weighted by Crippen LogP contribution is 2.46. The Morgan fingerprint density at radius 1 is 1.43 bits per heavy atom. The van der Waals surface area contributed by atoms with Crippen molar-refractivity contribution in [2.24, 2.45) is 0 Å². The van der Waals surface area contributed by atoms with Crippen LogP contribution in [-0.2, 0) is 9.05 Å². The van der Waals surface area contributed by atoms with E-state index in [4.69, 9.17) is 25.2 Å². The summed E-state index contributed by atoms with van der Waals surface area (Å²) in [6.45, 7) is 0. The zero-order chi connectivity index (χ0) is 10.1. The first-order valence-electron chi connectivity index (χ1n) is 3.75. The van der Waals surface area contributed by atoms with E-state index in [9.17, 15) is 4.79 Å². The van der Waals surface area contributed by atoms with Crippen LogP contribution in [0.25, 0.3) is 0 Å². The smallest absolute Gasteiger partial charge is 0.417 e. The Bertz CT molecular complexity index is 382. The first-order valence-corrected chi connectivity index (χ1v) is 5.22. The summed E-state index contributed by atoms with van der Waals surface area (Å²) in [5, 5.41) is 0.504. The molecule has 0 fully saturated rings. The first-order chi connectivity index (χ1) is 6.70. The monoisotopic (exact) mass is 232 g/mol. The molecule has 1 aliphatic heterocycles. The van der Waals surface area contributed by atoms with E-state index in [0.29, 0.717) is 16.3 Å². The van der Waals surface area contributed by atoms with Gasteiger partial charge in [0.2, 0.25) is 0 Å². The maximum absolute atomic E-state index is 11.4. The van der Waals surface area contributed by atoms with Gasteiger partial charge in [-0.25, -0.2) is 4.79 Å².